The summed E-state index contributed by atoms with van der Waals surface area (Å²) < 4.78 is 1.98. The number of nitrogens with zero attached hydrogens (tertiary/aromatic N) is 2. The van der Waals surface area contributed by atoms with E-state index in [1.807, 2.05) is 17.9 Å². The molecule has 1 aromatic heterocycles. The predicted molar refractivity (Wildman–Crippen MR) is 66.9 cm³/mol. The highest BCUT2D eigenvalue weighted by Crippen LogP contribution is 2.21. The topological polar surface area (TPSA) is 29.9 Å². The highest BCUT2D eigenvalue weighted by atomic mass is 35.5. The van der Waals surface area contributed by atoms with Gasteiger partial charge in [-0.3, -0.25) is 4.68 Å². The summed E-state index contributed by atoms with van der Waals surface area (Å²) in [5.41, 5.74) is 3.00. The second-order valence-corrected chi connectivity index (χ2v) is 4.48. The minimum atomic E-state index is 0. The van der Waals surface area contributed by atoms with Crippen LogP contribution in [0, 0.1) is 0 Å². The van der Waals surface area contributed by atoms with Gasteiger partial charge < -0.3 is 5.32 Å². The van der Waals surface area contributed by atoms with Crippen LogP contribution in [0.4, 0.5) is 0 Å². The van der Waals surface area contributed by atoms with E-state index >= 15 is 0 Å². The first kappa shape index (κ1) is 14.8. The quantitative estimate of drug-likeness (QED) is 0.766. The molecule has 1 N–H and O–H groups in total. The standard InChI is InChI=1S/C10H17N3.2ClH/c1-10(2)5-4-8-6-12-13(3)9(8)7-11-10;;/h6,11H,4-5,7H2,1-3H3;2*1H. The molecule has 1 aliphatic rings. The van der Waals surface area contributed by atoms with Crippen LogP contribution in [0.2, 0.25) is 0 Å². The maximum Gasteiger partial charge on any atom is 0.0550 e. The fraction of sp³-hybridized carbons (Fsp3) is 0.700. The van der Waals surface area contributed by atoms with Crippen molar-refractivity contribution in [1.29, 1.82) is 0 Å². The van der Waals surface area contributed by atoms with Crippen molar-refractivity contribution in [2.24, 2.45) is 7.05 Å². The van der Waals surface area contributed by atoms with Gasteiger partial charge in [-0.1, -0.05) is 0 Å². The Hall–Kier alpha value is -0.250. The van der Waals surface area contributed by atoms with Crippen LogP contribution in [0.5, 0.6) is 0 Å². The Balaban J connectivity index is 0.000000980. The molecule has 88 valence electrons. The van der Waals surface area contributed by atoms with Crippen LogP contribution in [0.3, 0.4) is 0 Å². The Morgan fingerprint density at radius 3 is 2.73 bits per heavy atom. The molecule has 0 aromatic carbocycles. The molecular weight excluding hydrogens is 233 g/mol. The van der Waals surface area contributed by atoms with Crippen molar-refractivity contribution in [1.82, 2.24) is 15.1 Å². The molecule has 5 heteroatoms. The van der Waals surface area contributed by atoms with Gasteiger partial charge >= 0.3 is 0 Å². The summed E-state index contributed by atoms with van der Waals surface area (Å²) in [5.74, 6) is 0. The van der Waals surface area contributed by atoms with E-state index in [9.17, 15) is 0 Å². The summed E-state index contributed by atoms with van der Waals surface area (Å²) in [4.78, 5) is 0. The van der Waals surface area contributed by atoms with Crippen LogP contribution in [0.1, 0.15) is 31.5 Å². The maximum absolute atomic E-state index is 4.26. The largest absolute Gasteiger partial charge is 0.306 e. The molecule has 0 amide bonds. The number of halogens is 2. The Morgan fingerprint density at radius 1 is 1.40 bits per heavy atom. The first-order valence-corrected chi connectivity index (χ1v) is 4.83. The van der Waals surface area contributed by atoms with Crippen molar-refractivity contribution in [3.63, 3.8) is 0 Å². The van der Waals surface area contributed by atoms with Crippen LogP contribution < -0.4 is 5.32 Å². The second-order valence-electron chi connectivity index (χ2n) is 4.48. The summed E-state index contributed by atoms with van der Waals surface area (Å²) in [6.45, 7) is 5.46. The van der Waals surface area contributed by atoms with E-state index in [2.05, 4.69) is 24.3 Å². The average Bonchev–Trinajstić information content (AvgIpc) is 2.32. The lowest BCUT2D eigenvalue weighted by Gasteiger charge is -2.23. The Labute approximate surface area is 103 Å². The number of hydrogen-bond donors (Lipinski definition) is 1. The zero-order valence-electron chi connectivity index (χ0n) is 9.41. The summed E-state index contributed by atoms with van der Waals surface area (Å²) in [7, 11) is 2.01. The van der Waals surface area contributed by atoms with E-state index in [0.717, 1.165) is 13.0 Å². The number of aryl methyl sites for hydroxylation is 2. The van der Waals surface area contributed by atoms with Crippen molar-refractivity contribution in [3.05, 3.63) is 17.5 Å². The third-order valence-electron chi connectivity index (χ3n) is 2.90. The Kier molecular flexibility index (Phi) is 5.10. The number of hydrogen-bond acceptors (Lipinski definition) is 2. The fourth-order valence-electron chi connectivity index (χ4n) is 1.80. The zero-order valence-corrected chi connectivity index (χ0v) is 11.0. The molecule has 0 saturated carbocycles. The van der Waals surface area contributed by atoms with Crippen LogP contribution in [-0.2, 0) is 20.0 Å². The van der Waals surface area contributed by atoms with E-state index < -0.39 is 0 Å². The molecular formula is C10H19Cl2N3. The summed E-state index contributed by atoms with van der Waals surface area (Å²) in [5, 5.41) is 7.81. The van der Waals surface area contributed by atoms with Gasteiger partial charge in [0.25, 0.3) is 0 Å². The number of aromatic nitrogens is 2. The van der Waals surface area contributed by atoms with Gasteiger partial charge in [0, 0.05) is 19.1 Å². The summed E-state index contributed by atoms with van der Waals surface area (Å²) in [6.07, 6.45) is 4.33. The van der Waals surface area contributed by atoms with E-state index in [1.54, 1.807) is 0 Å². The SMILES string of the molecule is Cl.Cl.Cn1ncc2c1CNC(C)(C)CC2. The molecule has 1 aliphatic heterocycles. The van der Waals surface area contributed by atoms with E-state index in [0.29, 0.717) is 0 Å². The number of rotatable bonds is 0. The molecule has 15 heavy (non-hydrogen) atoms. The minimum absolute atomic E-state index is 0. The third kappa shape index (κ3) is 3.10. The number of fused-ring (bicyclic) bond motifs is 1. The molecule has 0 atom stereocenters. The first-order chi connectivity index (χ1) is 6.08. The van der Waals surface area contributed by atoms with Gasteiger partial charge in [0.15, 0.2) is 0 Å². The van der Waals surface area contributed by atoms with E-state index in [1.165, 1.54) is 17.7 Å². The van der Waals surface area contributed by atoms with Gasteiger partial charge in [0.1, 0.15) is 0 Å². The van der Waals surface area contributed by atoms with Crippen molar-refractivity contribution < 1.29 is 0 Å². The molecule has 2 heterocycles. The summed E-state index contributed by atoms with van der Waals surface area (Å²) >= 11 is 0. The smallest absolute Gasteiger partial charge is 0.0550 e. The third-order valence-corrected chi connectivity index (χ3v) is 2.90. The highest BCUT2D eigenvalue weighted by Gasteiger charge is 2.23. The molecule has 1 aromatic rings. The van der Waals surface area contributed by atoms with Crippen LogP contribution >= 0.6 is 24.8 Å². The molecule has 0 unspecified atom stereocenters. The van der Waals surface area contributed by atoms with Gasteiger partial charge in [0.05, 0.1) is 11.9 Å². The fourth-order valence-corrected chi connectivity index (χ4v) is 1.80. The zero-order chi connectivity index (χ0) is 9.47. The van der Waals surface area contributed by atoms with Gasteiger partial charge in [-0.25, -0.2) is 0 Å². The van der Waals surface area contributed by atoms with Crippen molar-refractivity contribution in [2.75, 3.05) is 0 Å². The lowest BCUT2D eigenvalue weighted by molar-refractivity contribution is 0.368. The highest BCUT2D eigenvalue weighted by molar-refractivity contribution is 5.85. The lowest BCUT2D eigenvalue weighted by atomic mass is 9.98. The van der Waals surface area contributed by atoms with Crippen LogP contribution in [0.15, 0.2) is 6.20 Å². The minimum Gasteiger partial charge on any atom is -0.306 e. The van der Waals surface area contributed by atoms with Gasteiger partial charge in [-0.05, 0) is 32.3 Å². The molecule has 0 bridgehead atoms. The molecule has 3 nitrogen and oxygen atoms in total. The predicted octanol–water partition coefficient (Wildman–Crippen LogP) is 2.08. The average molecular weight is 252 g/mol. The monoisotopic (exact) mass is 251 g/mol. The van der Waals surface area contributed by atoms with Gasteiger partial charge in [0.2, 0.25) is 0 Å². The second kappa shape index (κ2) is 5.19. The van der Waals surface area contributed by atoms with E-state index in [-0.39, 0.29) is 30.4 Å². The van der Waals surface area contributed by atoms with Crippen LogP contribution in [-0.4, -0.2) is 15.3 Å². The lowest BCUT2D eigenvalue weighted by Crippen LogP contribution is -2.37. The molecule has 0 fully saturated rings. The maximum atomic E-state index is 4.26. The molecule has 2 rings (SSSR count). The molecule has 0 radical (unpaired) electrons. The first-order valence-electron chi connectivity index (χ1n) is 4.83. The van der Waals surface area contributed by atoms with E-state index in [4.69, 9.17) is 0 Å². The number of nitrogens with one attached hydrogen (secondary N) is 1. The normalized spacial score (nSPS) is 18.1. The van der Waals surface area contributed by atoms with Crippen molar-refractivity contribution in [2.45, 2.75) is 38.8 Å². The molecule has 0 saturated heterocycles. The van der Waals surface area contributed by atoms with Crippen molar-refractivity contribution >= 4 is 24.8 Å². The van der Waals surface area contributed by atoms with Crippen LogP contribution in [0.25, 0.3) is 0 Å². The Morgan fingerprint density at radius 2 is 2.07 bits per heavy atom. The Bertz CT molecular complexity index is 320. The molecule has 0 aliphatic carbocycles. The van der Waals surface area contributed by atoms with Gasteiger partial charge in [-0.2, -0.15) is 5.10 Å². The molecule has 0 spiro atoms. The summed E-state index contributed by atoms with van der Waals surface area (Å²) in [6, 6.07) is 0. The van der Waals surface area contributed by atoms with Gasteiger partial charge in [-0.15, -0.1) is 24.8 Å². The van der Waals surface area contributed by atoms with Crippen molar-refractivity contribution in [3.8, 4) is 0 Å².